The molecular weight excluding hydrogens is 857 g/mol. The van der Waals surface area contributed by atoms with Gasteiger partial charge in [-0.1, -0.05) is 13.0 Å². The lowest BCUT2D eigenvalue weighted by Gasteiger charge is -2.43. The van der Waals surface area contributed by atoms with Crippen molar-refractivity contribution in [1.82, 2.24) is 44.3 Å². The number of hydrogen-bond acceptors (Lipinski definition) is 11. The quantitative estimate of drug-likeness (QED) is 0.166. The molecule has 10 rings (SSSR count). The summed E-state index contributed by atoms with van der Waals surface area (Å²) in [7, 11) is 2.21. The van der Waals surface area contributed by atoms with Crippen LogP contribution in [0.15, 0.2) is 59.9 Å². The van der Waals surface area contributed by atoms with E-state index in [9.17, 15) is 9.59 Å². The number of fused-ring (bicyclic) bond motifs is 3. The average molecular weight is 912 g/mol. The van der Waals surface area contributed by atoms with Gasteiger partial charge in [-0.25, -0.2) is 14.3 Å². The molecule has 0 radical (unpaired) electrons. The van der Waals surface area contributed by atoms with Crippen LogP contribution in [0.2, 0.25) is 0 Å². The third-order valence-corrected chi connectivity index (χ3v) is 14.9. The van der Waals surface area contributed by atoms with E-state index in [1.54, 1.807) is 41.0 Å². The second-order valence-electron chi connectivity index (χ2n) is 17.8. The van der Waals surface area contributed by atoms with Crippen molar-refractivity contribution in [2.24, 2.45) is 5.92 Å². The van der Waals surface area contributed by atoms with E-state index in [1.165, 1.54) is 16.1 Å². The molecule has 5 atom stereocenters. The Balaban J connectivity index is 0.000000248. The largest absolute Gasteiger partial charge is 0.356 e. The molecule has 4 saturated heterocycles. The smallest absolute Gasteiger partial charge is 0.314 e. The molecule has 4 fully saturated rings. The Morgan fingerprint density at radius 3 is 2.23 bits per heavy atom. The molecule has 0 saturated carbocycles. The lowest BCUT2D eigenvalue weighted by Crippen LogP contribution is -2.46. The summed E-state index contributed by atoms with van der Waals surface area (Å²) in [6.45, 7) is 9.86. The van der Waals surface area contributed by atoms with Gasteiger partial charge in [-0.3, -0.25) is 19.6 Å². The highest BCUT2D eigenvalue weighted by Crippen LogP contribution is 2.41. The van der Waals surface area contributed by atoms with Gasteiger partial charge in [0.05, 0.1) is 61.1 Å². The Morgan fingerprint density at radius 2 is 1.54 bits per heavy atom. The number of thiazole rings is 1. The monoisotopic (exact) mass is 910 g/mol. The molecular formula is C45H55BrN10O4S. The molecule has 4 aliphatic rings. The number of nitrogens with one attached hydrogen (secondary N) is 1. The van der Waals surface area contributed by atoms with E-state index in [1.807, 2.05) is 21.8 Å². The zero-order valence-electron chi connectivity index (χ0n) is 35.4. The van der Waals surface area contributed by atoms with Crippen molar-refractivity contribution in [2.75, 3.05) is 38.7 Å². The van der Waals surface area contributed by atoms with Crippen LogP contribution in [0.25, 0.3) is 32.0 Å². The maximum Gasteiger partial charge on any atom is 0.314 e. The zero-order chi connectivity index (χ0) is 42.3. The van der Waals surface area contributed by atoms with E-state index in [0.717, 1.165) is 108 Å². The fourth-order valence-corrected chi connectivity index (χ4v) is 11.0. The van der Waals surface area contributed by atoms with Crippen molar-refractivity contribution >= 4 is 76.8 Å². The van der Waals surface area contributed by atoms with Gasteiger partial charge in [-0.05, 0) is 131 Å². The molecule has 14 nitrogen and oxygen atoms in total. The van der Waals surface area contributed by atoms with Gasteiger partial charge in [-0.2, -0.15) is 10.2 Å². The van der Waals surface area contributed by atoms with Crippen LogP contribution in [-0.4, -0.2) is 95.0 Å². The molecule has 9 heterocycles. The second kappa shape index (κ2) is 17.8. The van der Waals surface area contributed by atoms with Crippen molar-refractivity contribution in [3.8, 4) is 0 Å². The molecule has 0 aliphatic carbocycles. The molecule has 5 aromatic heterocycles. The lowest BCUT2D eigenvalue weighted by molar-refractivity contribution is -0.146. The molecule has 3 unspecified atom stereocenters. The van der Waals surface area contributed by atoms with Gasteiger partial charge in [0.1, 0.15) is 0 Å². The number of nitrogens with zero attached hydrogens (tertiary/aromatic N) is 9. The maximum atomic E-state index is 13.9. The van der Waals surface area contributed by atoms with Gasteiger partial charge in [0.2, 0.25) is 0 Å². The highest BCUT2D eigenvalue weighted by atomic mass is 79.9. The first kappa shape index (κ1) is 42.0. The maximum absolute atomic E-state index is 13.9. The number of hydrogen-bond donors (Lipinski definition) is 1. The Labute approximate surface area is 368 Å². The lowest BCUT2D eigenvalue weighted by atomic mass is 9.83. The molecule has 6 aromatic rings. The third-order valence-electron chi connectivity index (χ3n) is 13.1. The number of rotatable bonds is 5. The number of ether oxygens (including phenoxy) is 2. The predicted octanol–water partition coefficient (Wildman–Crippen LogP) is 9.16. The number of halogens is 1. The number of amides is 2. The molecule has 322 valence electrons. The minimum absolute atomic E-state index is 0.0740. The molecule has 2 amide bonds. The predicted molar refractivity (Wildman–Crippen MR) is 240 cm³/mol. The molecule has 1 aromatic carbocycles. The fourth-order valence-electron chi connectivity index (χ4n) is 9.42. The van der Waals surface area contributed by atoms with E-state index in [-0.39, 0.29) is 24.0 Å². The number of carbonyl (C=O) groups is 2. The van der Waals surface area contributed by atoms with Crippen molar-refractivity contribution in [2.45, 2.75) is 115 Å². The Hall–Kier alpha value is -4.35. The number of anilines is 1. The highest BCUT2D eigenvalue weighted by Gasteiger charge is 2.37. The van der Waals surface area contributed by atoms with Crippen LogP contribution in [0.4, 0.5) is 5.69 Å². The summed E-state index contributed by atoms with van der Waals surface area (Å²) in [5, 5.41) is 14.9. The van der Waals surface area contributed by atoms with Crippen molar-refractivity contribution < 1.29 is 19.1 Å². The van der Waals surface area contributed by atoms with Gasteiger partial charge >= 0.3 is 11.8 Å². The summed E-state index contributed by atoms with van der Waals surface area (Å²) in [4.78, 5) is 45.2. The summed E-state index contributed by atoms with van der Waals surface area (Å²) in [6.07, 6.45) is 20.7. The summed E-state index contributed by atoms with van der Waals surface area (Å²) in [5.74, 6) is -0.441. The van der Waals surface area contributed by atoms with E-state index < -0.39 is 11.8 Å². The van der Waals surface area contributed by atoms with Crippen LogP contribution in [0.5, 0.6) is 0 Å². The molecule has 4 aliphatic heterocycles. The highest BCUT2D eigenvalue weighted by molar-refractivity contribution is 9.10. The number of carbonyl (C=O) groups excluding carboxylic acids is 2. The normalized spacial score (nSPS) is 24.7. The second-order valence-corrected chi connectivity index (χ2v) is 19.7. The molecule has 16 heteroatoms. The first-order valence-corrected chi connectivity index (χ1v) is 23.4. The van der Waals surface area contributed by atoms with E-state index in [2.05, 4.69) is 92.3 Å². The summed E-state index contributed by atoms with van der Waals surface area (Å²) < 4.78 is 17.6. The topological polar surface area (TPSA) is 145 Å². The first-order valence-electron chi connectivity index (χ1n) is 21.8. The number of pyridine rings is 2. The minimum Gasteiger partial charge on any atom is -0.356 e. The van der Waals surface area contributed by atoms with Crippen molar-refractivity contribution in [3.05, 3.63) is 70.4 Å². The van der Waals surface area contributed by atoms with Crippen LogP contribution in [0, 0.1) is 5.92 Å². The zero-order valence-corrected chi connectivity index (χ0v) is 37.8. The Bertz CT molecular complexity index is 2520. The average Bonchev–Trinajstić information content (AvgIpc) is 4.03. The van der Waals surface area contributed by atoms with Gasteiger partial charge in [0.25, 0.3) is 0 Å². The van der Waals surface area contributed by atoms with Gasteiger partial charge < -0.3 is 24.6 Å². The number of aromatic nitrogens is 7. The molecule has 0 bridgehead atoms. The Morgan fingerprint density at radius 1 is 0.852 bits per heavy atom. The van der Waals surface area contributed by atoms with Crippen LogP contribution in [0.3, 0.4) is 0 Å². The fraction of sp³-hybridized carbons (Fsp3) is 0.533. The summed E-state index contributed by atoms with van der Waals surface area (Å²) in [6, 6.07) is 6.22. The van der Waals surface area contributed by atoms with Gasteiger partial charge in [0, 0.05) is 60.6 Å². The van der Waals surface area contributed by atoms with E-state index in [4.69, 9.17) is 14.5 Å². The van der Waals surface area contributed by atoms with Crippen molar-refractivity contribution in [1.29, 1.82) is 0 Å². The molecule has 1 N–H and O–H groups in total. The third kappa shape index (κ3) is 8.70. The summed E-state index contributed by atoms with van der Waals surface area (Å²) in [5.41, 5.74) is 4.42. The van der Waals surface area contributed by atoms with E-state index in [0.29, 0.717) is 30.7 Å². The molecule has 0 spiro atoms. The Kier molecular flexibility index (Phi) is 12.2. The van der Waals surface area contributed by atoms with E-state index >= 15 is 0 Å². The first-order chi connectivity index (χ1) is 29.5. The van der Waals surface area contributed by atoms with Crippen LogP contribution < -0.4 is 5.32 Å². The number of piperidine rings is 2. The van der Waals surface area contributed by atoms with Gasteiger partial charge in [-0.15, -0.1) is 11.3 Å². The summed E-state index contributed by atoms with van der Waals surface area (Å²) >= 11 is 5.31. The molecule has 61 heavy (non-hydrogen) atoms. The SMILES string of the molecule is Brc1cncc2cnn(C3CCCCO3)c12.C[C@H]1CC[C@H](c2ccc3sc(C4CCN(C)C(C)(C)C4)nc3c2)N(C(=O)C(=O)Nc2cncc3cnn(C4CCCCO4)c23)C1. The van der Waals surface area contributed by atoms with Crippen LogP contribution in [0.1, 0.15) is 120 Å². The standard InChI is InChI=1S/C34H43N7O3S.C11H12BrN3O/c1-21-8-10-27(22-9-11-28-25(15-22)38-32(45-28)23-12-13-39(4)34(2,3)16-23)40(20-21)33(43)31(42)37-26-19-35-17-24-18-36-41(30(24)26)29-7-5-6-14-44-29;12-9-7-13-5-8-6-14-15(11(8)9)10-3-1-2-4-16-10/h9,11,15,17-19,21,23,27,29H,5-8,10,12-14,16,20H2,1-4H3,(H,37,42);5-7,10H,1-4H2/t21-,23?,27+,29?;/m0./s1. The minimum atomic E-state index is -0.664. The van der Waals surface area contributed by atoms with Gasteiger partial charge in [0.15, 0.2) is 12.5 Å². The van der Waals surface area contributed by atoms with Crippen molar-refractivity contribution in [3.63, 3.8) is 0 Å². The number of benzene rings is 1. The van der Waals surface area contributed by atoms with Crippen LogP contribution in [-0.2, 0) is 19.1 Å². The van der Waals surface area contributed by atoms with Crippen LogP contribution >= 0.6 is 27.3 Å². The number of likely N-dealkylation sites (tertiary alicyclic amines) is 2.